The Labute approximate surface area is 116 Å². The predicted octanol–water partition coefficient (Wildman–Crippen LogP) is 4.08. The molecule has 17 heavy (non-hydrogen) atoms. The van der Waals surface area contributed by atoms with Crippen LogP contribution in [0.4, 0.5) is 0 Å². The molecule has 2 nitrogen and oxygen atoms in total. The van der Waals surface area contributed by atoms with Crippen LogP contribution in [0, 0.1) is 0 Å². The lowest BCUT2D eigenvalue weighted by Gasteiger charge is -2.14. The highest BCUT2D eigenvalue weighted by atomic mass is 79.9. The molecular formula is C13H17BrClNO. The molecule has 0 radical (unpaired) electrons. The highest BCUT2D eigenvalue weighted by molar-refractivity contribution is 9.10. The molecule has 0 aliphatic carbocycles. The molecule has 0 aliphatic heterocycles. The molecule has 0 saturated heterocycles. The molecule has 94 valence electrons. The van der Waals surface area contributed by atoms with E-state index in [1.54, 1.807) is 6.08 Å². The van der Waals surface area contributed by atoms with Crippen LogP contribution in [0.3, 0.4) is 0 Å². The minimum atomic E-state index is 0.449. The number of para-hydroxylation sites is 1. The van der Waals surface area contributed by atoms with Crippen LogP contribution in [0.25, 0.3) is 0 Å². The fourth-order valence-corrected chi connectivity index (χ4v) is 1.93. The number of hydrogen-bond acceptors (Lipinski definition) is 2. The highest BCUT2D eigenvalue weighted by Crippen LogP contribution is 2.29. The molecule has 1 rings (SSSR count). The molecule has 4 heteroatoms. The average molecular weight is 319 g/mol. The molecule has 1 aromatic carbocycles. The summed E-state index contributed by atoms with van der Waals surface area (Å²) in [5, 5.41) is 3.37. The third-order valence-corrected chi connectivity index (χ3v) is 2.96. The summed E-state index contributed by atoms with van der Waals surface area (Å²) in [4.78, 5) is 0. The second kappa shape index (κ2) is 7.75. The summed E-state index contributed by atoms with van der Waals surface area (Å²) in [5.74, 6) is 0.871. The van der Waals surface area contributed by atoms with Crippen molar-refractivity contribution in [2.45, 2.75) is 26.4 Å². The molecule has 0 saturated carbocycles. The second-order valence-electron chi connectivity index (χ2n) is 3.94. The summed E-state index contributed by atoms with van der Waals surface area (Å²) in [6.45, 7) is 5.50. The first-order valence-corrected chi connectivity index (χ1v) is 6.77. The van der Waals surface area contributed by atoms with Crippen LogP contribution in [0.15, 0.2) is 34.3 Å². The van der Waals surface area contributed by atoms with Gasteiger partial charge in [-0.1, -0.05) is 37.6 Å². The van der Waals surface area contributed by atoms with Gasteiger partial charge in [0.2, 0.25) is 0 Å². The number of benzene rings is 1. The highest BCUT2D eigenvalue weighted by Gasteiger charge is 2.07. The SMILES string of the molecule is CC(C)NCc1cccc(Br)c1OC/C=C/Cl. The minimum Gasteiger partial charge on any atom is -0.488 e. The predicted molar refractivity (Wildman–Crippen MR) is 76.6 cm³/mol. The first-order valence-electron chi connectivity index (χ1n) is 5.54. The molecule has 0 spiro atoms. The second-order valence-corrected chi connectivity index (χ2v) is 5.04. The molecule has 0 bridgehead atoms. The van der Waals surface area contributed by atoms with Gasteiger partial charge in [0.05, 0.1) is 4.47 Å². The van der Waals surface area contributed by atoms with E-state index in [2.05, 4.69) is 41.2 Å². The van der Waals surface area contributed by atoms with Gasteiger partial charge in [-0.05, 0) is 28.1 Å². The Balaban J connectivity index is 2.76. The third-order valence-electron chi connectivity index (χ3n) is 2.16. The van der Waals surface area contributed by atoms with Gasteiger partial charge in [0.1, 0.15) is 12.4 Å². The first-order chi connectivity index (χ1) is 8.15. The lowest BCUT2D eigenvalue weighted by Crippen LogP contribution is -2.22. The van der Waals surface area contributed by atoms with Gasteiger partial charge in [0.25, 0.3) is 0 Å². The zero-order chi connectivity index (χ0) is 12.7. The van der Waals surface area contributed by atoms with Gasteiger partial charge in [0, 0.05) is 23.7 Å². The average Bonchev–Trinajstić information content (AvgIpc) is 2.29. The van der Waals surface area contributed by atoms with E-state index < -0.39 is 0 Å². The maximum Gasteiger partial charge on any atom is 0.138 e. The van der Waals surface area contributed by atoms with Crippen molar-refractivity contribution in [1.82, 2.24) is 5.32 Å². The third kappa shape index (κ3) is 5.11. The van der Waals surface area contributed by atoms with Crippen molar-refractivity contribution in [1.29, 1.82) is 0 Å². The molecule has 1 aromatic rings. The minimum absolute atomic E-state index is 0.449. The van der Waals surface area contributed by atoms with E-state index in [1.165, 1.54) is 5.54 Å². The van der Waals surface area contributed by atoms with Gasteiger partial charge in [-0.2, -0.15) is 0 Å². The molecule has 1 N–H and O–H groups in total. The Kier molecular flexibility index (Phi) is 6.63. The Bertz CT molecular complexity index is 380. The van der Waals surface area contributed by atoms with Crippen molar-refractivity contribution >= 4 is 27.5 Å². The topological polar surface area (TPSA) is 21.3 Å². The van der Waals surface area contributed by atoms with Gasteiger partial charge in [-0.25, -0.2) is 0 Å². The lowest BCUT2D eigenvalue weighted by atomic mass is 10.2. The van der Waals surface area contributed by atoms with Crippen LogP contribution in [0.1, 0.15) is 19.4 Å². The van der Waals surface area contributed by atoms with Gasteiger partial charge in [-0.15, -0.1) is 0 Å². The largest absolute Gasteiger partial charge is 0.488 e. The Morgan fingerprint density at radius 1 is 1.47 bits per heavy atom. The summed E-state index contributed by atoms with van der Waals surface area (Å²) < 4.78 is 6.64. The molecular weight excluding hydrogens is 302 g/mol. The van der Waals surface area contributed by atoms with Crippen LogP contribution >= 0.6 is 27.5 Å². The number of halogens is 2. The van der Waals surface area contributed by atoms with Crippen LogP contribution in [0.2, 0.25) is 0 Å². The van der Waals surface area contributed by atoms with Crippen LogP contribution in [-0.4, -0.2) is 12.6 Å². The van der Waals surface area contributed by atoms with Crippen molar-refractivity contribution < 1.29 is 4.74 Å². The van der Waals surface area contributed by atoms with Crippen LogP contribution in [0.5, 0.6) is 5.75 Å². The Morgan fingerprint density at radius 3 is 2.88 bits per heavy atom. The maximum atomic E-state index is 5.68. The smallest absolute Gasteiger partial charge is 0.138 e. The van der Waals surface area contributed by atoms with Crippen molar-refractivity contribution in [2.24, 2.45) is 0 Å². The Morgan fingerprint density at radius 2 is 2.24 bits per heavy atom. The lowest BCUT2D eigenvalue weighted by molar-refractivity contribution is 0.354. The Hall–Kier alpha value is -0.510. The summed E-state index contributed by atoms with van der Waals surface area (Å²) in [6.07, 6.45) is 1.76. The molecule has 0 unspecified atom stereocenters. The summed E-state index contributed by atoms with van der Waals surface area (Å²) >= 11 is 8.96. The summed E-state index contributed by atoms with van der Waals surface area (Å²) in [5.41, 5.74) is 2.60. The number of rotatable bonds is 6. The van der Waals surface area contributed by atoms with E-state index in [0.717, 1.165) is 22.3 Å². The zero-order valence-corrected chi connectivity index (χ0v) is 12.4. The van der Waals surface area contributed by atoms with Crippen molar-refractivity contribution in [2.75, 3.05) is 6.61 Å². The van der Waals surface area contributed by atoms with E-state index >= 15 is 0 Å². The van der Waals surface area contributed by atoms with E-state index in [1.807, 2.05) is 12.1 Å². The van der Waals surface area contributed by atoms with E-state index in [9.17, 15) is 0 Å². The summed E-state index contributed by atoms with van der Waals surface area (Å²) in [7, 11) is 0. The number of hydrogen-bond donors (Lipinski definition) is 1. The first kappa shape index (κ1) is 14.6. The van der Waals surface area contributed by atoms with E-state index in [4.69, 9.17) is 16.3 Å². The summed E-state index contributed by atoms with van der Waals surface area (Å²) in [6, 6.07) is 6.48. The fraction of sp³-hybridized carbons (Fsp3) is 0.385. The maximum absolute atomic E-state index is 5.68. The molecule has 0 amide bonds. The van der Waals surface area contributed by atoms with Crippen molar-refractivity contribution in [3.8, 4) is 5.75 Å². The van der Waals surface area contributed by atoms with Gasteiger partial charge in [-0.3, -0.25) is 0 Å². The quantitative estimate of drug-likeness (QED) is 0.853. The molecule has 0 aliphatic rings. The molecule has 0 fully saturated rings. The fourth-order valence-electron chi connectivity index (χ4n) is 1.34. The number of ether oxygens (including phenoxy) is 1. The van der Waals surface area contributed by atoms with Gasteiger partial charge in [0.15, 0.2) is 0 Å². The van der Waals surface area contributed by atoms with Crippen LogP contribution < -0.4 is 10.1 Å². The van der Waals surface area contributed by atoms with E-state index in [0.29, 0.717) is 12.6 Å². The standard InChI is InChI=1S/C13H17BrClNO/c1-10(2)16-9-11-5-3-6-12(14)13(11)17-8-4-7-15/h3-7,10,16H,8-9H2,1-2H3/b7-4+. The molecule has 0 aromatic heterocycles. The normalized spacial score (nSPS) is 11.4. The van der Waals surface area contributed by atoms with Gasteiger partial charge < -0.3 is 10.1 Å². The van der Waals surface area contributed by atoms with Gasteiger partial charge >= 0.3 is 0 Å². The zero-order valence-electron chi connectivity index (χ0n) is 10.0. The van der Waals surface area contributed by atoms with Crippen molar-refractivity contribution in [3.05, 3.63) is 39.8 Å². The molecule has 0 atom stereocenters. The monoisotopic (exact) mass is 317 g/mol. The van der Waals surface area contributed by atoms with Crippen molar-refractivity contribution in [3.63, 3.8) is 0 Å². The van der Waals surface area contributed by atoms with Crippen LogP contribution in [-0.2, 0) is 6.54 Å². The number of nitrogens with one attached hydrogen (secondary N) is 1. The molecule has 0 heterocycles. The van der Waals surface area contributed by atoms with E-state index in [-0.39, 0.29) is 0 Å².